The van der Waals surface area contributed by atoms with Crippen LogP contribution in [0, 0.1) is 5.92 Å². The third-order valence-corrected chi connectivity index (χ3v) is 4.46. The number of carbonyl (C=O) groups is 1. The van der Waals surface area contributed by atoms with Crippen molar-refractivity contribution < 1.29 is 9.53 Å². The molecule has 0 radical (unpaired) electrons. The van der Waals surface area contributed by atoms with Gasteiger partial charge in [-0.15, -0.1) is 0 Å². The van der Waals surface area contributed by atoms with Gasteiger partial charge in [-0.1, -0.05) is 13.8 Å². The van der Waals surface area contributed by atoms with Crippen molar-refractivity contribution in [3.05, 3.63) is 0 Å². The average Bonchev–Trinajstić information content (AvgIpc) is 2.55. The minimum absolute atomic E-state index is 0.254. The predicted molar refractivity (Wildman–Crippen MR) is 103 cm³/mol. The smallest absolute Gasteiger partial charge is 0.231 e. The summed E-state index contributed by atoms with van der Waals surface area (Å²) in [7, 11) is 0. The van der Waals surface area contributed by atoms with Crippen LogP contribution in [-0.4, -0.2) is 68.2 Å². The normalized spacial score (nSPS) is 18.4. The highest BCUT2D eigenvalue weighted by molar-refractivity contribution is 5.80. The first-order valence-electron chi connectivity index (χ1n) is 9.63. The SMILES string of the molecule is CCNC(=NCCC(OCC)C(C)C)NC1CCN(CC(N)=O)CC1. The van der Waals surface area contributed by atoms with Crippen LogP contribution >= 0.6 is 0 Å². The summed E-state index contributed by atoms with van der Waals surface area (Å²) in [5.74, 6) is 1.12. The summed E-state index contributed by atoms with van der Waals surface area (Å²) in [5, 5.41) is 6.84. The van der Waals surface area contributed by atoms with Crippen LogP contribution in [0.25, 0.3) is 0 Å². The number of ether oxygens (including phenoxy) is 1. The monoisotopic (exact) mass is 355 g/mol. The predicted octanol–water partition coefficient (Wildman–Crippen LogP) is 0.942. The minimum atomic E-state index is -0.254. The van der Waals surface area contributed by atoms with Gasteiger partial charge in [0.15, 0.2) is 5.96 Å². The van der Waals surface area contributed by atoms with Gasteiger partial charge < -0.3 is 21.1 Å². The second kappa shape index (κ2) is 12.1. The second-order valence-electron chi connectivity index (χ2n) is 6.95. The molecular formula is C18H37N5O2. The maximum atomic E-state index is 11.0. The second-order valence-corrected chi connectivity index (χ2v) is 6.95. The molecule has 1 atom stereocenters. The lowest BCUT2D eigenvalue weighted by Crippen LogP contribution is -2.49. The van der Waals surface area contributed by atoms with E-state index in [1.807, 2.05) is 6.92 Å². The van der Waals surface area contributed by atoms with Gasteiger partial charge in [0.2, 0.25) is 5.91 Å². The van der Waals surface area contributed by atoms with Crippen molar-refractivity contribution in [3.63, 3.8) is 0 Å². The van der Waals surface area contributed by atoms with Crippen molar-refractivity contribution in [1.29, 1.82) is 0 Å². The molecule has 1 aliphatic rings. The van der Waals surface area contributed by atoms with Crippen LogP contribution in [0.2, 0.25) is 0 Å². The number of primary amides is 1. The molecule has 0 bridgehead atoms. The molecule has 0 aromatic rings. The number of aliphatic imine (C=N–C) groups is 1. The molecule has 7 nitrogen and oxygen atoms in total. The summed E-state index contributed by atoms with van der Waals surface area (Å²) in [4.78, 5) is 17.8. The number of nitrogens with two attached hydrogens (primary N) is 1. The van der Waals surface area contributed by atoms with E-state index in [1.165, 1.54) is 0 Å². The van der Waals surface area contributed by atoms with Gasteiger partial charge in [-0.3, -0.25) is 14.7 Å². The largest absolute Gasteiger partial charge is 0.378 e. The number of hydrogen-bond acceptors (Lipinski definition) is 4. The molecular weight excluding hydrogens is 318 g/mol. The van der Waals surface area contributed by atoms with E-state index in [4.69, 9.17) is 15.5 Å². The molecule has 0 aromatic carbocycles. The Bertz CT molecular complexity index is 406. The molecule has 1 amide bonds. The highest BCUT2D eigenvalue weighted by Gasteiger charge is 2.21. The number of nitrogens with one attached hydrogen (secondary N) is 2. The fourth-order valence-electron chi connectivity index (χ4n) is 3.10. The Morgan fingerprint density at radius 1 is 1.32 bits per heavy atom. The Kier molecular flexibility index (Phi) is 10.5. The summed E-state index contributed by atoms with van der Waals surface area (Å²) < 4.78 is 5.79. The van der Waals surface area contributed by atoms with E-state index in [2.05, 4.69) is 36.3 Å². The minimum Gasteiger partial charge on any atom is -0.378 e. The summed E-state index contributed by atoms with van der Waals surface area (Å²) in [6.45, 7) is 13.0. The van der Waals surface area contributed by atoms with Crippen LogP contribution in [0.5, 0.6) is 0 Å². The lowest BCUT2D eigenvalue weighted by Gasteiger charge is -2.32. The van der Waals surface area contributed by atoms with Crippen LogP contribution in [0.4, 0.5) is 0 Å². The summed E-state index contributed by atoms with van der Waals surface area (Å²) in [6.07, 6.45) is 3.17. The standard InChI is InChI=1S/C18H37N5O2/c1-5-20-18(21-10-7-16(14(3)4)25-6-2)22-15-8-11-23(12-9-15)13-17(19)24/h14-16H,5-13H2,1-4H3,(H2,19,24)(H2,20,21,22). The number of hydrogen-bond donors (Lipinski definition) is 3. The molecule has 1 unspecified atom stereocenters. The fourth-order valence-corrected chi connectivity index (χ4v) is 3.10. The molecule has 0 saturated carbocycles. The first-order chi connectivity index (χ1) is 12.0. The lowest BCUT2D eigenvalue weighted by atomic mass is 10.0. The third-order valence-electron chi connectivity index (χ3n) is 4.46. The van der Waals surface area contributed by atoms with E-state index < -0.39 is 0 Å². The lowest BCUT2D eigenvalue weighted by molar-refractivity contribution is -0.119. The van der Waals surface area contributed by atoms with E-state index in [9.17, 15) is 4.79 Å². The van der Waals surface area contributed by atoms with Crippen LogP contribution in [-0.2, 0) is 9.53 Å². The number of guanidine groups is 1. The van der Waals surface area contributed by atoms with Crippen molar-refractivity contribution in [2.45, 2.75) is 59.1 Å². The van der Waals surface area contributed by atoms with E-state index in [0.717, 1.165) is 58.0 Å². The zero-order valence-electron chi connectivity index (χ0n) is 16.4. The summed E-state index contributed by atoms with van der Waals surface area (Å²) in [6, 6.07) is 0.384. The topological polar surface area (TPSA) is 92.0 Å². The molecule has 1 rings (SSSR count). The maximum Gasteiger partial charge on any atom is 0.231 e. The van der Waals surface area contributed by atoms with Crippen molar-refractivity contribution >= 4 is 11.9 Å². The summed E-state index contributed by atoms with van der Waals surface area (Å²) >= 11 is 0. The Hall–Kier alpha value is -1.34. The Morgan fingerprint density at radius 3 is 2.52 bits per heavy atom. The van der Waals surface area contributed by atoms with E-state index in [1.54, 1.807) is 0 Å². The maximum absolute atomic E-state index is 11.0. The number of likely N-dealkylation sites (tertiary alicyclic amines) is 1. The van der Waals surface area contributed by atoms with Crippen molar-refractivity contribution in [2.24, 2.45) is 16.6 Å². The molecule has 1 aliphatic heterocycles. The number of rotatable bonds is 10. The molecule has 0 aromatic heterocycles. The number of nitrogens with zero attached hydrogens (tertiary/aromatic N) is 2. The van der Waals surface area contributed by atoms with E-state index in [0.29, 0.717) is 18.5 Å². The molecule has 146 valence electrons. The molecule has 0 spiro atoms. The molecule has 1 heterocycles. The highest BCUT2D eigenvalue weighted by atomic mass is 16.5. The van der Waals surface area contributed by atoms with Crippen LogP contribution in [0.3, 0.4) is 0 Å². The molecule has 7 heteroatoms. The number of carbonyl (C=O) groups excluding carboxylic acids is 1. The zero-order valence-corrected chi connectivity index (χ0v) is 16.4. The van der Waals surface area contributed by atoms with Gasteiger partial charge in [0.25, 0.3) is 0 Å². The average molecular weight is 356 g/mol. The third kappa shape index (κ3) is 9.07. The Balaban J connectivity index is 2.44. The van der Waals surface area contributed by atoms with Gasteiger partial charge in [0.1, 0.15) is 0 Å². The highest BCUT2D eigenvalue weighted by Crippen LogP contribution is 2.11. The van der Waals surface area contributed by atoms with Crippen molar-refractivity contribution in [2.75, 3.05) is 39.3 Å². The first-order valence-corrected chi connectivity index (χ1v) is 9.63. The van der Waals surface area contributed by atoms with Crippen LogP contribution in [0.1, 0.15) is 47.0 Å². The fraction of sp³-hybridized carbons (Fsp3) is 0.889. The van der Waals surface area contributed by atoms with Crippen LogP contribution in [0.15, 0.2) is 4.99 Å². The zero-order chi connectivity index (χ0) is 18.7. The van der Waals surface area contributed by atoms with Crippen molar-refractivity contribution in [3.8, 4) is 0 Å². The quantitative estimate of drug-likeness (QED) is 0.401. The van der Waals surface area contributed by atoms with Gasteiger partial charge in [-0.05, 0) is 39.0 Å². The first kappa shape index (κ1) is 21.7. The molecule has 25 heavy (non-hydrogen) atoms. The van der Waals surface area contributed by atoms with Gasteiger partial charge in [-0.25, -0.2) is 0 Å². The van der Waals surface area contributed by atoms with Gasteiger partial charge in [0, 0.05) is 38.8 Å². The Morgan fingerprint density at radius 2 is 2.00 bits per heavy atom. The van der Waals surface area contributed by atoms with E-state index >= 15 is 0 Å². The molecule has 1 fully saturated rings. The molecule has 0 aliphatic carbocycles. The number of piperidine rings is 1. The summed E-state index contributed by atoms with van der Waals surface area (Å²) in [5.41, 5.74) is 5.26. The van der Waals surface area contributed by atoms with Gasteiger partial charge in [-0.2, -0.15) is 0 Å². The van der Waals surface area contributed by atoms with Gasteiger partial charge in [0.05, 0.1) is 12.6 Å². The number of amides is 1. The van der Waals surface area contributed by atoms with Gasteiger partial charge >= 0.3 is 0 Å². The molecule has 4 N–H and O–H groups in total. The van der Waals surface area contributed by atoms with Crippen LogP contribution < -0.4 is 16.4 Å². The molecule has 1 saturated heterocycles. The Labute approximate surface area is 152 Å². The van der Waals surface area contributed by atoms with Crippen molar-refractivity contribution in [1.82, 2.24) is 15.5 Å². The van der Waals surface area contributed by atoms with E-state index in [-0.39, 0.29) is 12.0 Å².